The smallest absolute Gasteiger partial charge is 0.224 e. The molecule has 0 bridgehead atoms. The average Bonchev–Trinajstić information content (AvgIpc) is 3.13. The molecule has 1 aromatic carbocycles. The van der Waals surface area contributed by atoms with Gasteiger partial charge in [-0.1, -0.05) is 12.1 Å². The van der Waals surface area contributed by atoms with Crippen molar-refractivity contribution in [3.63, 3.8) is 0 Å². The van der Waals surface area contributed by atoms with E-state index < -0.39 is 5.60 Å². The first kappa shape index (κ1) is 15.6. The van der Waals surface area contributed by atoms with Crippen LogP contribution in [0.4, 0.5) is 5.69 Å². The maximum Gasteiger partial charge on any atom is 0.224 e. The molecule has 5 nitrogen and oxygen atoms in total. The van der Waals surface area contributed by atoms with E-state index in [4.69, 9.17) is 4.74 Å². The van der Waals surface area contributed by atoms with Gasteiger partial charge in [0.1, 0.15) is 5.75 Å². The number of benzene rings is 1. The topological polar surface area (TPSA) is 53.0 Å². The highest BCUT2D eigenvalue weighted by molar-refractivity contribution is 5.98. The number of carbonyl (C=O) groups is 1. The Balaban J connectivity index is 1.77. The van der Waals surface area contributed by atoms with Crippen molar-refractivity contribution in [3.05, 3.63) is 23.8 Å². The maximum absolute atomic E-state index is 12.6. The van der Waals surface area contributed by atoms with Gasteiger partial charge in [-0.15, -0.1) is 0 Å². The van der Waals surface area contributed by atoms with E-state index in [0.717, 1.165) is 56.6 Å². The number of ether oxygens (including phenoxy) is 1. The number of fused-ring (bicyclic) bond motifs is 1. The van der Waals surface area contributed by atoms with Crippen LogP contribution in [0.3, 0.4) is 0 Å². The van der Waals surface area contributed by atoms with Gasteiger partial charge in [0.2, 0.25) is 5.91 Å². The van der Waals surface area contributed by atoms with Gasteiger partial charge in [0, 0.05) is 18.4 Å². The summed E-state index contributed by atoms with van der Waals surface area (Å²) in [4.78, 5) is 17.1. The second-order valence-corrected chi connectivity index (χ2v) is 8.24. The SMILES string of the molecule is COc1cccc2c1N(C(C)=O)[C@@H]1CC[C@@]3(O)CCCN4CC[C@@]21[C@H]43. The normalized spacial score (nSPS) is 38.9. The largest absolute Gasteiger partial charge is 0.495 e. The zero-order valence-corrected chi connectivity index (χ0v) is 15.0. The van der Waals surface area contributed by atoms with Crippen LogP contribution < -0.4 is 9.64 Å². The van der Waals surface area contributed by atoms with Crippen molar-refractivity contribution >= 4 is 11.6 Å². The van der Waals surface area contributed by atoms with Gasteiger partial charge in [0.15, 0.2) is 0 Å². The summed E-state index contributed by atoms with van der Waals surface area (Å²) in [5, 5.41) is 11.5. The molecular weight excluding hydrogens is 316 g/mol. The summed E-state index contributed by atoms with van der Waals surface area (Å²) < 4.78 is 5.64. The lowest BCUT2D eigenvalue weighted by Gasteiger charge is -2.56. The molecule has 0 radical (unpaired) electrons. The van der Waals surface area contributed by atoms with E-state index in [-0.39, 0.29) is 23.4 Å². The molecule has 1 amide bonds. The first-order valence-electron chi connectivity index (χ1n) is 9.47. The number of para-hydroxylation sites is 1. The Kier molecular flexibility index (Phi) is 3.12. The van der Waals surface area contributed by atoms with Crippen LogP contribution in [0, 0.1) is 0 Å². The molecule has 1 aliphatic carbocycles. The molecule has 1 spiro atoms. The van der Waals surface area contributed by atoms with Crippen LogP contribution in [0.2, 0.25) is 0 Å². The number of hydrogen-bond acceptors (Lipinski definition) is 4. The number of anilines is 1. The van der Waals surface area contributed by atoms with E-state index in [9.17, 15) is 9.90 Å². The predicted octanol–water partition coefficient (Wildman–Crippen LogP) is 2.06. The van der Waals surface area contributed by atoms with Crippen molar-refractivity contribution in [1.29, 1.82) is 0 Å². The summed E-state index contributed by atoms with van der Waals surface area (Å²) in [7, 11) is 1.67. The number of methoxy groups -OCH3 is 1. The fraction of sp³-hybridized carbons (Fsp3) is 0.650. The number of carbonyl (C=O) groups excluding carboxylic acids is 1. The zero-order chi connectivity index (χ0) is 17.4. The van der Waals surface area contributed by atoms with E-state index in [0.29, 0.717) is 0 Å². The van der Waals surface area contributed by atoms with Gasteiger partial charge >= 0.3 is 0 Å². The monoisotopic (exact) mass is 342 g/mol. The van der Waals surface area contributed by atoms with Gasteiger partial charge in [-0.25, -0.2) is 0 Å². The van der Waals surface area contributed by atoms with E-state index >= 15 is 0 Å². The van der Waals surface area contributed by atoms with Crippen molar-refractivity contribution < 1.29 is 14.6 Å². The molecule has 5 heteroatoms. The Bertz CT molecular complexity index is 750. The van der Waals surface area contributed by atoms with Crippen LogP contribution >= 0.6 is 0 Å². The molecule has 3 aliphatic heterocycles. The summed E-state index contributed by atoms with van der Waals surface area (Å²) >= 11 is 0. The predicted molar refractivity (Wildman–Crippen MR) is 95.0 cm³/mol. The molecule has 4 aliphatic rings. The maximum atomic E-state index is 12.6. The summed E-state index contributed by atoms with van der Waals surface area (Å²) in [5.41, 5.74) is 1.36. The lowest BCUT2D eigenvalue weighted by atomic mass is 9.57. The Hall–Kier alpha value is -1.59. The Morgan fingerprint density at radius 2 is 2.12 bits per heavy atom. The first-order chi connectivity index (χ1) is 12.0. The van der Waals surface area contributed by atoms with E-state index in [1.54, 1.807) is 14.0 Å². The van der Waals surface area contributed by atoms with Gasteiger partial charge in [0.25, 0.3) is 0 Å². The Morgan fingerprint density at radius 3 is 2.88 bits per heavy atom. The van der Waals surface area contributed by atoms with Crippen LogP contribution in [0.5, 0.6) is 5.75 Å². The number of rotatable bonds is 1. The van der Waals surface area contributed by atoms with Crippen LogP contribution in [0.25, 0.3) is 0 Å². The minimum absolute atomic E-state index is 0.0762. The van der Waals surface area contributed by atoms with Crippen molar-refractivity contribution in [2.75, 3.05) is 25.1 Å². The minimum atomic E-state index is -0.627. The second kappa shape index (κ2) is 4.98. The molecular formula is C20H26N2O3. The summed E-state index contributed by atoms with van der Waals surface area (Å²) in [5.74, 6) is 0.849. The van der Waals surface area contributed by atoms with Crippen molar-refractivity contribution in [1.82, 2.24) is 4.90 Å². The molecule has 5 rings (SSSR count). The zero-order valence-electron chi connectivity index (χ0n) is 15.0. The van der Waals surface area contributed by atoms with E-state index in [2.05, 4.69) is 11.0 Å². The van der Waals surface area contributed by atoms with E-state index in [1.807, 2.05) is 17.0 Å². The number of aliphatic hydroxyl groups is 1. The van der Waals surface area contributed by atoms with Crippen LogP contribution in [0.1, 0.15) is 44.6 Å². The third kappa shape index (κ3) is 1.73. The fourth-order valence-corrected chi connectivity index (χ4v) is 6.62. The molecule has 1 aromatic rings. The molecule has 0 unspecified atom stereocenters. The molecule has 25 heavy (non-hydrogen) atoms. The molecule has 3 heterocycles. The quantitative estimate of drug-likeness (QED) is 0.849. The number of amides is 1. The lowest BCUT2D eigenvalue weighted by molar-refractivity contribution is -0.123. The van der Waals surface area contributed by atoms with E-state index in [1.165, 1.54) is 5.56 Å². The number of hydrogen-bond donors (Lipinski definition) is 1. The first-order valence-corrected chi connectivity index (χ1v) is 9.47. The molecule has 134 valence electrons. The average molecular weight is 342 g/mol. The molecule has 1 N–H and O–H groups in total. The fourth-order valence-electron chi connectivity index (χ4n) is 6.62. The molecule has 1 saturated carbocycles. The van der Waals surface area contributed by atoms with Gasteiger partial charge in [0.05, 0.1) is 24.4 Å². The van der Waals surface area contributed by atoms with Crippen molar-refractivity contribution in [2.24, 2.45) is 0 Å². The molecule has 4 atom stereocenters. The van der Waals surface area contributed by atoms with Gasteiger partial charge in [-0.2, -0.15) is 0 Å². The van der Waals surface area contributed by atoms with Crippen LogP contribution in [-0.4, -0.2) is 53.8 Å². The molecule has 2 saturated heterocycles. The summed E-state index contributed by atoms with van der Waals surface area (Å²) in [6.45, 7) is 3.72. The Labute approximate surface area is 148 Å². The number of nitrogens with zero attached hydrogens (tertiary/aromatic N) is 2. The van der Waals surface area contributed by atoms with Crippen LogP contribution in [-0.2, 0) is 10.2 Å². The number of piperidine rings is 1. The highest BCUT2D eigenvalue weighted by Gasteiger charge is 2.69. The van der Waals surface area contributed by atoms with Gasteiger partial charge < -0.3 is 14.7 Å². The van der Waals surface area contributed by atoms with Gasteiger partial charge in [-0.3, -0.25) is 9.69 Å². The lowest BCUT2D eigenvalue weighted by Crippen LogP contribution is -2.68. The third-order valence-corrected chi connectivity index (χ3v) is 7.29. The van der Waals surface area contributed by atoms with Crippen molar-refractivity contribution in [3.8, 4) is 5.75 Å². The summed E-state index contributed by atoms with van der Waals surface area (Å²) in [6, 6.07) is 6.39. The standard InChI is InChI=1S/C20H26N2O3/c1-13(23)22-16-7-9-19(24)8-4-11-21-12-10-20(16,18(19)21)14-5-3-6-15(25-2)17(14)22/h3,5-6,16,18,24H,4,7-12H2,1-2H3/t16-,18-,19+,20-/m1/s1. The Morgan fingerprint density at radius 1 is 1.28 bits per heavy atom. The summed E-state index contributed by atoms with van der Waals surface area (Å²) in [6.07, 6.45) is 4.59. The molecule has 0 aromatic heterocycles. The highest BCUT2D eigenvalue weighted by Crippen LogP contribution is 2.63. The molecule has 3 fully saturated rings. The highest BCUT2D eigenvalue weighted by atomic mass is 16.5. The third-order valence-electron chi connectivity index (χ3n) is 7.29. The van der Waals surface area contributed by atoms with Crippen LogP contribution in [0.15, 0.2) is 18.2 Å². The van der Waals surface area contributed by atoms with Crippen molar-refractivity contribution in [2.45, 2.75) is 62.1 Å². The van der Waals surface area contributed by atoms with Gasteiger partial charge in [-0.05, 0) is 56.8 Å². The minimum Gasteiger partial charge on any atom is -0.495 e. The second-order valence-electron chi connectivity index (χ2n) is 8.24.